The van der Waals surface area contributed by atoms with Gasteiger partial charge in [0.25, 0.3) is 5.91 Å². The highest BCUT2D eigenvalue weighted by atomic mass is 16.2. The average Bonchev–Trinajstić information content (AvgIpc) is 3.20. The summed E-state index contributed by atoms with van der Waals surface area (Å²) in [6.07, 6.45) is 0.439. The third-order valence-electron chi connectivity index (χ3n) is 5.88. The average molecular weight is 437 g/mol. The molecule has 1 aliphatic heterocycles. The highest BCUT2D eigenvalue weighted by Gasteiger charge is 2.41. The zero-order valence-electron chi connectivity index (χ0n) is 19.1. The molecule has 7 nitrogen and oxygen atoms in total. The molecule has 0 radical (unpaired) electrons. The number of carbonyl (C=O) groups is 3. The van der Waals surface area contributed by atoms with E-state index in [0.717, 1.165) is 16.8 Å². The molecular weight excluding hydrogens is 404 g/mol. The van der Waals surface area contributed by atoms with Crippen molar-refractivity contribution in [1.82, 2.24) is 16.0 Å². The molecule has 0 bridgehead atoms. The number of hydrogen-bond donors (Lipinski definition) is 3. The fourth-order valence-corrected chi connectivity index (χ4v) is 3.84. The van der Waals surface area contributed by atoms with Crippen LogP contribution < -0.4 is 20.9 Å². The molecule has 0 spiro atoms. The van der Waals surface area contributed by atoms with E-state index in [2.05, 4.69) is 16.0 Å². The maximum Gasteiger partial charge on any atom is 0.250 e. The summed E-state index contributed by atoms with van der Waals surface area (Å²) in [6.45, 7) is 5.90. The normalized spacial score (nSPS) is 16.9. The Morgan fingerprint density at radius 3 is 2.31 bits per heavy atom. The zero-order chi connectivity index (χ0) is 23.3. The highest BCUT2D eigenvalue weighted by Crippen LogP contribution is 2.33. The number of carbonyl (C=O) groups excluding carboxylic acids is 3. The lowest BCUT2D eigenvalue weighted by Gasteiger charge is -2.31. The standard InChI is InChI=1S/C25H32N4O3/c1-16(2)22(28-23(30)17(3)26-4)25(32)29-20-13-9-8-12-19(20)14-21(29)24(31)27-15-18-10-6-5-7-11-18/h5-13,16-17,21-22,26H,14-15H2,1-4H3,(H,27,31)(H,28,30)/t17-,21?,22?/m0/s1. The van der Waals surface area contributed by atoms with Crippen LogP contribution in [0.4, 0.5) is 5.69 Å². The smallest absolute Gasteiger partial charge is 0.250 e. The number of anilines is 1. The minimum Gasteiger partial charge on any atom is -0.350 e. The monoisotopic (exact) mass is 436 g/mol. The summed E-state index contributed by atoms with van der Waals surface area (Å²) < 4.78 is 0. The first kappa shape index (κ1) is 23.5. The maximum absolute atomic E-state index is 13.7. The summed E-state index contributed by atoms with van der Waals surface area (Å²) in [5, 5.41) is 8.73. The van der Waals surface area contributed by atoms with Crippen LogP contribution in [-0.4, -0.2) is 42.9 Å². The van der Waals surface area contributed by atoms with Crippen LogP contribution in [0.1, 0.15) is 31.9 Å². The molecule has 3 rings (SSSR count). The highest BCUT2D eigenvalue weighted by molar-refractivity contribution is 6.07. The molecule has 0 fully saturated rings. The number of para-hydroxylation sites is 1. The van der Waals surface area contributed by atoms with E-state index >= 15 is 0 Å². The summed E-state index contributed by atoms with van der Waals surface area (Å²) >= 11 is 0. The van der Waals surface area contributed by atoms with Gasteiger partial charge in [0.1, 0.15) is 12.1 Å². The van der Waals surface area contributed by atoms with Gasteiger partial charge in [0.2, 0.25) is 11.8 Å². The van der Waals surface area contributed by atoms with E-state index in [1.807, 2.05) is 68.4 Å². The first-order chi connectivity index (χ1) is 15.3. The van der Waals surface area contributed by atoms with Gasteiger partial charge in [-0.3, -0.25) is 19.3 Å². The Morgan fingerprint density at radius 2 is 1.66 bits per heavy atom. The molecule has 1 heterocycles. The lowest BCUT2D eigenvalue weighted by Crippen LogP contribution is -2.58. The molecule has 0 aliphatic carbocycles. The van der Waals surface area contributed by atoms with Gasteiger partial charge >= 0.3 is 0 Å². The lowest BCUT2D eigenvalue weighted by molar-refractivity contribution is -0.131. The van der Waals surface area contributed by atoms with Gasteiger partial charge in [0, 0.05) is 18.7 Å². The summed E-state index contributed by atoms with van der Waals surface area (Å²) in [5.41, 5.74) is 2.65. The Hall–Kier alpha value is -3.19. The van der Waals surface area contributed by atoms with Crippen LogP contribution in [0.2, 0.25) is 0 Å². The van der Waals surface area contributed by atoms with Gasteiger partial charge in [-0.2, -0.15) is 0 Å². The van der Waals surface area contributed by atoms with Gasteiger partial charge in [-0.25, -0.2) is 0 Å². The number of likely N-dealkylation sites (N-methyl/N-ethyl adjacent to an activating group) is 1. The van der Waals surface area contributed by atoms with Gasteiger partial charge in [-0.05, 0) is 37.1 Å². The summed E-state index contributed by atoms with van der Waals surface area (Å²) in [7, 11) is 1.69. The number of nitrogens with one attached hydrogen (secondary N) is 3. The predicted octanol–water partition coefficient (Wildman–Crippen LogP) is 2.01. The van der Waals surface area contributed by atoms with Gasteiger partial charge in [0.05, 0.1) is 6.04 Å². The molecule has 0 saturated carbocycles. The first-order valence-corrected chi connectivity index (χ1v) is 11.0. The number of amides is 3. The topological polar surface area (TPSA) is 90.5 Å². The van der Waals surface area contributed by atoms with E-state index in [1.54, 1.807) is 18.9 Å². The van der Waals surface area contributed by atoms with Crippen LogP contribution in [0, 0.1) is 5.92 Å². The van der Waals surface area contributed by atoms with Crippen LogP contribution in [0.3, 0.4) is 0 Å². The van der Waals surface area contributed by atoms with Crippen LogP contribution >= 0.6 is 0 Å². The van der Waals surface area contributed by atoms with E-state index in [9.17, 15) is 14.4 Å². The Bertz CT molecular complexity index is 961. The number of hydrogen-bond acceptors (Lipinski definition) is 4. The number of nitrogens with zero attached hydrogens (tertiary/aromatic N) is 1. The van der Waals surface area contributed by atoms with Crippen LogP contribution in [0.25, 0.3) is 0 Å². The zero-order valence-corrected chi connectivity index (χ0v) is 19.1. The Kier molecular flexibility index (Phi) is 7.64. The largest absolute Gasteiger partial charge is 0.350 e. The molecule has 170 valence electrons. The Balaban J connectivity index is 1.84. The van der Waals surface area contributed by atoms with Crippen molar-refractivity contribution >= 4 is 23.4 Å². The molecule has 0 aromatic heterocycles. The van der Waals surface area contributed by atoms with Gasteiger partial charge in [-0.1, -0.05) is 62.4 Å². The summed E-state index contributed by atoms with van der Waals surface area (Å²) in [4.78, 5) is 40.9. The van der Waals surface area contributed by atoms with Gasteiger partial charge in [-0.15, -0.1) is 0 Å². The minimum atomic E-state index is -0.742. The van der Waals surface area contributed by atoms with E-state index in [4.69, 9.17) is 0 Å². The Morgan fingerprint density at radius 1 is 1.00 bits per heavy atom. The fraction of sp³-hybridized carbons (Fsp3) is 0.400. The molecule has 0 saturated heterocycles. The van der Waals surface area contributed by atoms with Gasteiger partial charge in [0.15, 0.2) is 0 Å². The summed E-state index contributed by atoms with van der Waals surface area (Å²) in [6, 6.07) is 15.4. The van der Waals surface area contributed by atoms with Crippen molar-refractivity contribution in [3.63, 3.8) is 0 Å². The van der Waals surface area contributed by atoms with Crippen molar-refractivity contribution in [2.75, 3.05) is 11.9 Å². The van der Waals surface area contributed by atoms with Crippen molar-refractivity contribution in [1.29, 1.82) is 0 Å². The molecule has 2 aromatic carbocycles. The lowest BCUT2D eigenvalue weighted by atomic mass is 10.0. The van der Waals surface area contributed by atoms with Crippen LogP contribution in [0.15, 0.2) is 54.6 Å². The van der Waals surface area contributed by atoms with Crippen molar-refractivity contribution in [2.24, 2.45) is 5.92 Å². The molecule has 3 amide bonds. The second kappa shape index (κ2) is 10.4. The number of benzene rings is 2. The van der Waals surface area contributed by atoms with Crippen LogP contribution in [0.5, 0.6) is 0 Å². The minimum absolute atomic E-state index is 0.142. The van der Waals surface area contributed by atoms with E-state index in [-0.39, 0.29) is 23.6 Å². The number of rotatable bonds is 8. The molecule has 7 heteroatoms. The predicted molar refractivity (Wildman–Crippen MR) is 125 cm³/mol. The molecule has 2 aromatic rings. The Labute approximate surface area is 189 Å². The molecule has 1 aliphatic rings. The van der Waals surface area contributed by atoms with E-state index < -0.39 is 18.1 Å². The van der Waals surface area contributed by atoms with Crippen LogP contribution in [-0.2, 0) is 27.3 Å². The number of fused-ring (bicyclic) bond motifs is 1. The SMILES string of the molecule is CN[C@@H](C)C(=O)NC(C(=O)N1c2ccccc2CC1C(=O)NCc1ccccc1)C(C)C. The maximum atomic E-state index is 13.7. The molecule has 2 unspecified atom stereocenters. The third-order valence-corrected chi connectivity index (χ3v) is 5.88. The molecule has 3 N–H and O–H groups in total. The molecule has 3 atom stereocenters. The van der Waals surface area contributed by atoms with Crippen molar-refractivity contribution < 1.29 is 14.4 Å². The molecule has 32 heavy (non-hydrogen) atoms. The molecular formula is C25H32N4O3. The first-order valence-electron chi connectivity index (χ1n) is 11.0. The second-order valence-corrected chi connectivity index (χ2v) is 8.50. The van der Waals surface area contributed by atoms with Crippen molar-refractivity contribution in [3.05, 3.63) is 65.7 Å². The van der Waals surface area contributed by atoms with E-state index in [1.165, 1.54) is 0 Å². The van der Waals surface area contributed by atoms with Crippen molar-refractivity contribution in [3.8, 4) is 0 Å². The van der Waals surface area contributed by atoms with Crippen molar-refractivity contribution in [2.45, 2.75) is 51.9 Å². The quantitative estimate of drug-likeness (QED) is 0.591. The second-order valence-electron chi connectivity index (χ2n) is 8.50. The fourth-order valence-electron chi connectivity index (χ4n) is 3.84. The van der Waals surface area contributed by atoms with Gasteiger partial charge < -0.3 is 16.0 Å². The summed E-state index contributed by atoms with van der Waals surface area (Å²) in [5.74, 6) is -0.884. The third kappa shape index (κ3) is 5.16. The van der Waals surface area contributed by atoms with E-state index in [0.29, 0.717) is 13.0 Å².